The van der Waals surface area contributed by atoms with Crippen molar-refractivity contribution >= 4 is 58.5 Å². The number of amides is 4. The Balaban J connectivity index is 0.000000626. The van der Waals surface area contributed by atoms with E-state index >= 15 is 9.18 Å². The van der Waals surface area contributed by atoms with Crippen LogP contribution in [0.3, 0.4) is 0 Å². The predicted molar refractivity (Wildman–Crippen MR) is 187 cm³/mol. The third-order valence-corrected chi connectivity index (χ3v) is 11.1. The zero-order chi connectivity index (χ0) is 38.8. The van der Waals surface area contributed by atoms with Gasteiger partial charge >= 0.3 is 12.1 Å². The molecule has 7 rings (SSSR count). The summed E-state index contributed by atoms with van der Waals surface area (Å²) < 4.78 is 47.2. The highest BCUT2D eigenvalue weighted by atomic mass is 35.5. The largest absolute Gasteiger partial charge is 0.490 e. The molecule has 0 radical (unpaired) electrons. The molecule has 2 N–H and O–H groups in total. The molecule has 2 aromatic carbocycles. The third-order valence-electron chi connectivity index (χ3n) is 10.5. The topological polar surface area (TPSA) is 127 Å². The van der Waals surface area contributed by atoms with Gasteiger partial charge in [-0.1, -0.05) is 56.1 Å². The lowest BCUT2D eigenvalue weighted by Crippen LogP contribution is -2.55. The van der Waals surface area contributed by atoms with E-state index in [1.54, 1.807) is 23.1 Å². The number of hydrogen-bond donors (Lipinski definition) is 2. The Hall–Kier alpha value is -3.75. The number of aliphatic carboxylic acids is 1. The number of halogens is 6. The minimum atomic E-state index is -5.08. The first-order valence-corrected chi connectivity index (χ1v) is 18.3. The lowest BCUT2D eigenvalue weighted by atomic mass is 9.62. The number of carboxylic acids is 1. The summed E-state index contributed by atoms with van der Waals surface area (Å²) in [5.74, 6) is -5.29. The standard InChI is InChI=1S/C35H39Cl2FN4O4.C2HF3O2/c1-34(2,3)18-27-35(23-16-25(38)24(37)17-26(23)42(33(35)46)31(44)20-9-10-20)28(21-5-4-6-22(36)15-21)29(39-27)32(45)41-13-11-40(12-14-41)30(43)19-7-8-19;3-2(4,5)1(6)7/h4-6,15-17,19-20,27-29,39H,7-14,18H2,1-3H3;(H,6,7)/t27-,28+,29-,35+;/m1./s1. The Morgan fingerprint density at radius 3 is 1.94 bits per heavy atom. The summed E-state index contributed by atoms with van der Waals surface area (Å²) in [7, 11) is 0. The van der Waals surface area contributed by atoms with Crippen LogP contribution in [0.2, 0.25) is 10.0 Å². The molecular weight excluding hydrogens is 743 g/mol. The number of anilines is 1. The highest BCUT2D eigenvalue weighted by molar-refractivity contribution is 6.32. The minimum Gasteiger partial charge on any atom is -0.475 e. The molecule has 16 heteroatoms. The van der Waals surface area contributed by atoms with Crippen LogP contribution in [0.1, 0.15) is 69.9 Å². The minimum absolute atomic E-state index is 0.104. The Bertz CT molecular complexity index is 1840. The summed E-state index contributed by atoms with van der Waals surface area (Å²) in [6.07, 6.45) is -1.43. The lowest BCUT2D eigenvalue weighted by molar-refractivity contribution is -0.192. The van der Waals surface area contributed by atoms with Crippen molar-refractivity contribution in [2.75, 3.05) is 31.1 Å². The van der Waals surface area contributed by atoms with E-state index in [1.807, 2.05) is 11.0 Å². The molecule has 4 amide bonds. The first kappa shape index (κ1) is 39.0. The normalized spacial score (nSPS) is 25.6. The van der Waals surface area contributed by atoms with Crippen molar-refractivity contribution in [2.24, 2.45) is 17.3 Å². The van der Waals surface area contributed by atoms with Crippen LogP contribution in [0.4, 0.5) is 23.2 Å². The fourth-order valence-electron chi connectivity index (χ4n) is 7.89. The van der Waals surface area contributed by atoms with Crippen molar-refractivity contribution < 1.29 is 46.6 Å². The number of fused-ring (bicyclic) bond motifs is 2. The smallest absolute Gasteiger partial charge is 0.475 e. The van der Waals surface area contributed by atoms with Gasteiger partial charge in [-0.05, 0) is 72.9 Å². The second-order valence-corrected chi connectivity index (χ2v) is 16.5. The van der Waals surface area contributed by atoms with Crippen molar-refractivity contribution in [3.05, 3.63) is 63.4 Å². The highest BCUT2D eigenvalue weighted by Gasteiger charge is 2.69. The number of piperazine rings is 1. The molecule has 3 heterocycles. The van der Waals surface area contributed by atoms with Gasteiger partial charge in [-0.2, -0.15) is 13.2 Å². The summed E-state index contributed by atoms with van der Waals surface area (Å²) in [4.78, 5) is 70.1. The van der Waals surface area contributed by atoms with E-state index in [0.29, 0.717) is 61.6 Å². The number of nitrogens with one attached hydrogen (secondary N) is 1. The maximum atomic E-state index is 15.5. The number of benzene rings is 2. The molecule has 10 nitrogen and oxygen atoms in total. The summed E-state index contributed by atoms with van der Waals surface area (Å²) >= 11 is 12.9. The molecule has 0 aromatic heterocycles. The van der Waals surface area contributed by atoms with E-state index < -0.39 is 47.3 Å². The molecule has 0 bridgehead atoms. The van der Waals surface area contributed by atoms with Gasteiger partial charge in [0.05, 0.1) is 16.8 Å². The molecule has 4 fully saturated rings. The van der Waals surface area contributed by atoms with Crippen LogP contribution < -0.4 is 10.2 Å². The van der Waals surface area contributed by atoms with Crippen LogP contribution in [0.15, 0.2) is 36.4 Å². The quantitative estimate of drug-likeness (QED) is 0.285. The first-order chi connectivity index (χ1) is 24.7. The molecule has 2 saturated carbocycles. The van der Waals surface area contributed by atoms with Crippen LogP contribution in [0.25, 0.3) is 0 Å². The van der Waals surface area contributed by atoms with Gasteiger partial charge < -0.3 is 20.2 Å². The first-order valence-electron chi connectivity index (χ1n) is 17.5. The van der Waals surface area contributed by atoms with Gasteiger partial charge in [0, 0.05) is 55.0 Å². The van der Waals surface area contributed by atoms with Gasteiger partial charge in [-0.3, -0.25) is 19.2 Å². The molecule has 2 aromatic rings. The molecule has 286 valence electrons. The number of rotatable bonds is 5. The molecular formula is C37H40Cl2F4N4O6. The van der Waals surface area contributed by atoms with Crippen LogP contribution in [0.5, 0.6) is 0 Å². The van der Waals surface area contributed by atoms with Gasteiger partial charge in [-0.15, -0.1) is 0 Å². The van der Waals surface area contributed by atoms with Crippen molar-refractivity contribution in [2.45, 2.75) is 82.5 Å². The number of carboxylic acid groups (broad SMARTS) is 1. The number of carbonyl (C=O) groups is 5. The fraction of sp³-hybridized carbons (Fsp3) is 0.541. The molecule has 0 unspecified atom stereocenters. The SMILES string of the molecule is CC(C)(C)C[C@H]1N[C@@H](C(=O)N2CCN(C(=O)C3CC3)CC2)[C@H](c2cccc(Cl)c2)[C@@]12C(=O)N(C(=O)C1CC1)c1cc(Cl)c(F)cc12.O=C(O)C(F)(F)F. The van der Waals surface area contributed by atoms with Gasteiger partial charge in [0.2, 0.25) is 23.6 Å². The number of nitrogens with zero attached hydrogens (tertiary/aromatic N) is 3. The second-order valence-electron chi connectivity index (χ2n) is 15.6. The average molecular weight is 784 g/mol. The number of hydrogen-bond acceptors (Lipinski definition) is 6. The van der Waals surface area contributed by atoms with E-state index in [1.165, 1.54) is 17.0 Å². The third kappa shape index (κ3) is 7.51. The number of alkyl halides is 3. The highest BCUT2D eigenvalue weighted by Crippen LogP contribution is 2.59. The molecule has 2 aliphatic carbocycles. The molecule has 53 heavy (non-hydrogen) atoms. The Kier molecular flexibility index (Phi) is 10.4. The van der Waals surface area contributed by atoms with Crippen LogP contribution in [-0.2, 0) is 29.4 Å². The molecule has 4 atom stereocenters. The summed E-state index contributed by atoms with van der Waals surface area (Å²) in [6, 6.07) is 8.26. The van der Waals surface area contributed by atoms with E-state index in [-0.39, 0.29) is 45.7 Å². The maximum Gasteiger partial charge on any atom is 0.490 e. The predicted octanol–water partition coefficient (Wildman–Crippen LogP) is 5.93. The molecule has 2 saturated heterocycles. The van der Waals surface area contributed by atoms with Crippen molar-refractivity contribution in [1.29, 1.82) is 0 Å². The van der Waals surface area contributed by atoms with Gasteiger partial charge in [0.1, 0.15) is 11.2 Å². The van der Waals surface area contributed by atoms with E-state index in [4.69, 9.17) is 33.1 Å². The average Bonchev–Trinajstić information content (AvgIpc) is 4.01. The van der Waals surface area contributed by atoms with Gasteiger partial charge in [0.25, 0.3) is 0 Å². The molecule has 1 spiro atoms. The zero-order valence-corrected chi connectivity index (χ0v) is 30.8. The second kappa shape index (κ2) is 14.2. The monoisotopic (exact) mass is 782 g/mol. The van der Waals surface area contributed by atoms with Gasteiger partial charge in [-0.25, -0.2) is 14.1 Å². The molecule has 3 aliphatic heterocycles. The lowest BCUT2D eigenvalue weighted by Gasteiger charge is -2.39. The fourth-order valence-corrected chi connectivity index (χ4v) is 8.25. The molecule has 5 aliphatic rings. The number of imide groups is 1. The van der Waals surface area contributed by atoms with Crippen molar-refractivity contribution in [3.8, 4) is 0 Å². The van der Waals surface area contributed by atoms with Crippen LogP contribution in [-0.4, -0.2) is 88.9 Å². The summed E-state index contributed by atoms with van der Waals surface area (Å²) in [5, 5.41) is 11.0. The van der Waals surface area contributed by atoms with Crippen molar-refractivity contribution in [1.82, 2.24) is 15.1 Å². The van der Waals surface area contributed by atoms with E-state index in [0.717, 1.165) is 12.8 Å². The van der Waals surface area contributed by atoms with Crippen LogP contribution >= 0.6 is 23.2 Å². The summed E-state index contributed by atoms with van der Waals surface area (Å²) in [5.41, 5.74) is -0.535. The summed E-state index contributed by atoms with van der Waals surface area (Å²) in [6.45, 7) is 7.79. The van der Waals surface area contributed by atoms with Gasteiger partial charge in [0.15, 0.2) is 0 Å². The van der Waals surface area contributed by atoms with E-state index in [9.17, 15) is 27.6 Å². The Labute approximate surface area is 313 Å². The van der Waals surface area contributed by atoms with Crippen LogP contribution in [0, 0.1) is 23.1 Å². The Morgan fingerprint density at radius 2 is 1.43 bits per heavy atom. The Morgan fingerprint density at radius 1 is 0.887 bits per heavy atom. The van der Waals surface area contributed by atoms with E-state index in [2.05, 4.69) is 26.1 Å². The van der Waals surface area contributed by atoms with Crippen molar-refractivity contribution in [3.63, 3.8) is 0 Å². The maximum absolute atomic E-state index is 15.5. The zero-order valence-electron chi connectivity index (χ0n) is 29.3. The number of carbonyl (C=O) groups excluding carboxylic acids is 4.